The fraction of sp³-hybridized carbons (Fsp3) is 0.917. The Morgan fingerprint density at radius 3 is 2.40 bits per heavy atom. The molecule has 1 saturated carbocycles. The summed E-state index contributed by atoms with van der Waals surface area (Å²) < 4.78 is 0. The summed E-state index contributed by atoms with van der Waals surface area (Å²) in [7, 11) is 0. The molecule has 2 nitrogen and oxygen atoms in total. The van der Waals surface area contributed by atoms with Crippen LogP contribution in [0.3, 0.4) is 0 Å². The number of hydrogen-bond donors (Lipinski definition) is 0. The first kappa shape index (κ1) is 13.0. The van der Waals surface area contributed by atoms with Gasteiger partial charge in [-0.15, -0.1) is 0 Å². The molecule has 0 aliphatic heterocycles. The SMILES string of the molecule is CCCN(CCBr)C(=O)C1(C)CCCC1. The maximum Gasteiger partial charge on any atom is 0.228 e. The predicted octanol–water partition coefficient (Wildman–Crippen LogP) is 3.20. The Morgan fingerprint density at radius 2 is 1.93 bits per heavy atom. The Kier molecular flexibility index (Phi) is 5.10. The molecule has 1 amide bonds. The normalized spacial score (nSPS) is 19.1. The monoisotopic (exact) mass is 275 g/mol. The summed E-state index contributed by atoms with van der Waals surface area (Å²) in [5, 5.41) is 0.884. The van der Waals surface area contributed by atoms with Crippen LogP contribution in [-0.2, 0) is 4.79 Å². The van der Waals surface area contributed by atoms with E-state index in [0.717, 1.165) is 37.7 Å². The Balaban J connectivity index is 2.61. The average Bonchev–Trinajstić information content (AvgIpc) is 2.65. The van der Waals surface area contributed by atoms with Gasteiger partial charge in [-0.05, 0) is 19.3 Å². The minimum Gasteiger partial charge on any atom is -0.341 e. The van der Waals surface area contributed by atoms with Gasteiger partial charge in [0.05, 0.1) is 0 Å². The molecule has 0 atom stereocenters. The van der Waals surface area contributed by atoms with Crippen molar-refractivity contribution in [3.05, 3.63) is 0 Å². The second-order valence-corrected chi connectivity index (χ2v) is 5.54. The average molecular weight is 276 g/mol. The molecule has 1 aliphatic carbocycles. The summed E-state index contributed by atoms with van der Waals surface area (Å²) in [5.41, 5.74) is -0.0582. The van der Waals surface area contributed by atoms with Gasteiger partial charge >= 0.3 is 0 Å². The van der Waals surface area contributed by atoms with Crippen molar-refractivity contribution < 1.29 is 4.79 Å². The predicted molar refractivity (Wildman–Crippen MR) is 67.2 cm³/mol. The molecule has 15 heavy (non-hydrogen) atoms. The molecule has 1 rings (SSSR count). The first-order chi connectivity index (χ1) is 7.14. The van der Waals surface area contributed by atoms with Gasteiger partial charge in [0.1, 0.15) is 0 Å². The molecule has 0 spiro atoms. The third kappa shape index (κ3) is 3.20. The molecule has 0 heterocycles. The fourth-order valence-electron chi connectivity index (χ4n) is 2.44. The summed E-state index contributed by atoms with van der Waals surface area (Å²) in [6.45, 7) is 6.02. The minimum atomic E-state index is -0.0582. The highest BCUT2D eigenvalue weighted by Gasteiger charge is 2.38. The van der Waals surface area contributed by atoms with Crippen molar-refractivity contribution in [2.24, 2.45) is 5.41 Å². The van der Waals surface area contributed by atoms with Crippen LogP contribution in [0.15, 0.2) is 0 Å². The molecule has 88 valence electrons. The van der Waals surface area contributed by atoms with Gasteiger partial charge in [0.15, 0.2) is 0 Å². The van der Waals surface area contributed by atoms with Gasteiger partial charge in [-0.1, -0.05) is 42.6 Å². The molecule has 0 saturated heterocycles. The zero-order chi connectivity index (χ0) is 11.3. The summed E-state index contributed by atoms with van der Waals surface area (Å²) in [6.07, 6.45) is 5.64. The molecule has 3 heteroatoms. The van der Waals surface area contributed by atoms with Gasteiger partial charge in [-0.2, -0.15) is 0 Å². The lowest BCUT2D eigenvalue weighted by Crippen LogP contribution is -2.42. The number of carbonyl (C=O) groups is 1. The van der Waals surface area contributed by atoms with Crippen molar-refractivity contribution in [3.63, 3.8) is 0 Å². The van der Waals surface area contributed by atoms with E-state index in [1.807, 2.05) is 4.90 Å². The van der Waals surface area contributed by atoms with Crippen LogP contribution in [0.5, 0.6) is 0 Å². The van der Waals surface area contributed by atoms with Crippen molar-refractivity contribution >= 4 is 21.8 Å². The van der Waals surface area contributed by atoms with Crippen LogP contribution in [0.2, 0.25) is 0 Å². The highest BCUT2D eigenvalue weighted by molar-refractivity contribution is 9.09. The van der Waals surface area contributed by atoms with Gasteiger partial charge in [0.25, 0.3) is 0 Å². The van der Waals surface area contributed by atoms with Crippen LogP contribution in [0.1, 0.15) is 46.0 Å². The smallest absolute Gasteiger partial charge is 0.228 e. The largest absolute Gasteiger partial charge is 0.341 e. The van der Waals surface area contributed by atoms with Crippen molar-refractivity contribution in [1.29, 1.82) is 0 Å². The Bertz CT molecular complexity index is 206. The van der Waals surface area contributed by atoms with Crippen LogP contribution >= 0.6 is 15.9 Å². The standard InChI is InChI=1S/C12H22BrNO/c1-3-9-14(10-8-13)11(15)12(2)6-4-5-7-12/h3-10H2,1-2H3. The topological polar surface area (TPSA) is 20.3 Å². The third-order valence-corrected chi connectivity index (χ3v) is 3.71. The van der Waals surface area contributed by atoms with Crippen LogP contribution < -0.4 is 0 Å². The van der Waals surface area contributed by atoms with Gasteiger partial charge in [-0.25, -0.2) is 0 Å². The number of carbonyl (C=O) groups excluding carboxylic acids is 1. The van der Waals surface area contributed by atoms with E-state index in [2.05, 4.69) is 29.8 Å². The van der Waals surface area contributed by atoms with E-state index < -0.39 is 0 Å². The molecular weight excluding hydrogens is 254 g/mol. The number of amides is 1. The molecule has 0 bridgehead atoms. The zero-order valence-corrected chi connectivity index (χ0v) is 11.5. The summed E-state index contributed by atoms with van der Waals surface area (Å²) in [4.78, 5) is 14.4. The quantitative estimate of drug-likeness (QED) is 0.706. The van der Waals surface area contributed by atoms with Gasteiger partial charge in [-0.3, -0.25) is 4.79 Å². The number of nitrogens with zero attached hydrogens (tertiary/aromatic N) is 1. The van der Waals surface area contributed by atoms with Crippen molar-refractivity contribution in [3.8, 4) is 0 Å². The molecule has 0 aromatic rings. The second kappa shape index (κ2) is 5.88. The Hall–Kier alpha value is -0.0500. The van der Waals surface area contributed by atoms with Crippen LogP contribution in [-0.4, -0.2) is 29.2 Å². The van der Waals surface area contributed by atoms with E-state index in [9.17, 15) is 4.79 Å². The molecule has 0 unspecified atom stereocenters. The van der Waals surface area contributed by atoms with Crippen molar-refractivity contribution in [2.75, 3.05) is 18.4 Å². The third-order valence-electron chi connectivity index (χ3n) is 3.36. The zero-order valence-electron chi connectivity index (χ0n) is 9.89. The molecule has 0 radical (unpaired) electrons. The summed E-state index contributed by atoms with van der Waals surface area (Å²) >= 11 is 3.42. The van der Waals surface area contributed by atoms with E-state index >= 15 is 0 Å². The lowest BCUT2D eigenvalue weighted by Gasteiger charge is -2.31. The van der Waals surface area contributed by atoms with E-state index in [1.54, 1.807) is 0 Å². The van der Waals surface area contributed by atoms with Crippen LogP contribution in [0.25, 0.3) is 0 Å². The number of hydrogen-bond acceptors (Lipinski definition) is 1. The van der Waals surface area contributed by atoms with Crippen molar-refractivity contribution in [1.82, 2.24) is 4.90 Å². The molecule has 0 N–H and O–H groups in total. The molecule has 0 aromatic carbocycles. The first-order valence-corrected chi connectivity index (χ1v) is 7.11. The van der Waals surface area contributed by atoms with Gasteiger partial charge in [0, 0.05) is 23.8 Å². The summed E-state index contributed by atoms with van der Waals surface area (Å²) in [5.74, 6) is 0.376. The Morgan fingerprint density at radius 1 is 1.33 bits per heavy atom. The maximum atomic E-state index is 12.4. The van der Waals surface area contributed by atoms with Crippen LogP contribution in [0, 0.1) is 5.41 Å². The number of alkyl halides is 1. The number of halogens is 1. The summed E-state index contributed by atoms with van der Waals surface area (Å²) in [6, 6.07) is 0. The van der Waals surface area contributed by atoms with Crippen molar-refractivity contribution in [2.45, 2.75) is 46.0 Å². The van der Waals surface area contributed by atoms with Gasteiger partial charge < -0.3 is 4.90 Å². The first-order valence-electron chi connectivity index (χ1n) is 5.99. The Labute approximate surface area is 102 Å². The number of rotatable bonds is 5. The molecule has 0 aromatic heterocycles. The lowest BCUT2D eigenvalue weighted by atomic mass is 9.87. The fourth-order valence-corrected chi connectivity index (χ4v) is 2.87. The second-order valence-electron chi connectivity index (χ2n) is 4.75. The minimum absolute atomic E-state index is 0.0582. The maximum absolute atomic E-state index is 12.4. The van der Waals surface area contributed by atoms with Crippen LogP contribution in [0.4, 0.5) is 0 Å². The highest BCUT2D eigenvalue weighted by atomic mass is 79.9. The van der Waals surface area contributed by atoms with E-state index in [1.165, 1.54) is 12.8 Å². The molecule has 1 fully saturated rings. The van der Waals surface area contributed by atoms with E-state index in [4.69, 9.17) is 0 Å². The van der Waals surface area contributed by atoms with E-state index in [0.29, 0.717) is 5.91 Å². The molecule has 1 aliphatic rings. The van der Waals surface area contributed by atoms with E-state index in [-0.39, 0.29) is 5.41 Å². The van der Waals surface area contributed by atoms with Gasteiger partial charge in [0.2, 0.25) is 5.91 Å². The lowest BCUT2D eigenvalue weighted by molar-refractivity contribution is -0.140. The molecular formula is C12H22BrNO. The highest BCUT2D eigenvalue weighted by Crippen LogP contribution is 2.39.